The lowest BCUT2D eigenvalue weighted by atomic mass is 10.2. The summed E-state index contributed by atoms with van der Waals surface area (Å²) < 4.78 is 29.6. The van der Waals surface area contributed by atoms with Crippen LogP contribution in [0.5, 0.6) is 0 Å². The summed E-state index contributed by atoms with van der Waals surface area (Å²) in [5.74, 6) is 0. The topological polar surface area (TPSA) is 59.1 Å². The van der Waals surface area contributed by atoms with Crippen LogP contribution in [-0.2, 0) is 10.0 Å². The summed E-state index contributed by atoms with van der Waals surface area (Å²) in [5, 5.41) is 0.377. The molecule has 0 spiro atoms. The third-order valence-electron chi connectivity index (χ3n) is 3.51. The predicted octanol–water partition coefficient (Wildman–Crippen LogP) is 4.78. The summed E-state index contributed by atoms with van der Waals surface area (Å²) in [6, 6.07) is 9.33. The van der Waals surface area contributed by atoms with Crippen molar-refractivity contribution >= 4 is 52.6 Å². The second-order valence-electron chi connectivity index (χ2n) is 5.46. The van der Waals surface area contributed by atoms with Gasteiger partial charge >= 0.3 is 0 Å². The Hall–Kier alpha value is -1.44. The number of thiazole rings is 1. The largest absolute Gasteiger partial charge is 0.263 e. The van der Waals surface area contributed by atoms with E-state index in [1.807, 2.05) is 38.1 Å². The minimum absolute atomic E-state index is 0.255. The Kier molecular flexibility index (Phi) is 4.20. The van der Waals surface area contributed by atoms with Gasteiger partial charge in [-0.3, -0.25) is 4.72 Å². The summed E-state index contributed by atoms with van der Waals surface area (Å²) in [6.07, 6.45) is 0. The van der Waals surface area contributed by atoms with Gasteiger partial charge in [0.1, 0.15) is 0 Å². The first-order valence-electron chi connectivity index (χ1n) is 6.93. The van der Waals surface area contributed by atoms with Gasteiger partial charge in [0.15, 0.2) is 5.13 Å². The molecule has 0 bridgehead atoms. The number of aromatic nitrogens is 1. The maximum Gasteiger partial charge on any atom is 0.263 e. The third kappa shape index (κ3) is 3.27. The molecule has 0 aliphatic carbocycles. The molecule has 2 aromatic carbocycles. The van der Waals surface area contributed by atoms with Gasteiger partial charge in [-0.25, -0.2) is 13.4 Å². The van der Waals surface area contributed by atoms with E-state index >= 15 is 0 Å². The second kappa shape index (κ2) is 5.89. The van der Waals surface area contributed by atoms with Crippen LogP contribution in [-0.4, -0.2) is 13.4 Å². The number of halogens is 1. The van der Waals surface area contributed by atoms with E-state index in [1.165, 1.54) is 11.3 Å². The molecule has 0 saturated carbocycles. The Morgan fingerprint density at radius 3 is 2.57 bits per heavy atom. The van der Waals surface area contributed by atoms with Crippen molar-refractivity contribution in [3.63, 3.8) is 0 Å². The van der Waals surface area contributed by atoms with Crippen molar-refractivity contribution in [2.24, 2.45) is 0 Å². The number of anilines is 1. The van der Waals surface area contributed by atoms with Crippen LogP contribution < -0.4 is 4.72 Å². The van der Waals surface area contributed by atoms with Crippen LogP contribution in [0.2, 0.25) is 0 Å². The van der Waals surface area contributed by atoms with Gasteiger partial charge in [-0.05, 0) is 55.7 Å². The predicted molar refractivity (Wildman–Crippen MR) is 98.8 cm³/mol. The summed E-state index contributed by atoms with van der Waals surface area (Å²) in [4.78, 5) is 4.61. The maximum atomic E-state index is 12.7. The molecule has 4 nitrogen and oxygen atoms in total. The average molecular weight is 411 g/mol. The van der Waals surface area contributed by atoms with Gasteiger partial charge in [-0.2, -0.15) is 0 Å². The van der Waals surface area contributed by atoms with Crippen molar-refractivity contribution < 1.29 is 8.42 Å². The average Bonchev–Trinajstić information content (AvgIpc) is 2.83. The lowest BCUT2D eigenvalue weighted by Crippen LogP contribution is -2.14. The number of hydrogen-bond acceptors (Lipinski definition) is 4. The first-order chi connectivity index (χ1) is 10.8. The van der Waals surface area contributed by atoms with Crippen molar-refractivity contribution in [1.29, 1.82) is 0 Å². The van der Waals surface area contributed by atoms with Gasteiger partial charge in [0, 0.05) is 4.47 Å². The maximum absolute atomic E-state index is 12.7. The Bertz CT molecular complexity index is 1010. The lowest BCUT2D eigenvalue weighted by molar-refractivity contribution is 0.600. The van der Waals surface area contributed by atoms with Crippen LogP contribution in [0.4, 0.5) is 5.13 Å². The first-order valence-corrected chi connectivity index (χ1v) is 10.0. The highest BCUT2D eigenvalue weighted by Crippen LogP contribution is 2.30. The van der Waals surface area contributed by atoms with E-state index in [-0.39, 0.29) is 4.90 Å². The molecule has 0 aliphatic heterocycles. The van der Waals surface area contributed by atoms with Crippen molar-refractivity contribution in [3.8, 4) is 0 Å². The molecule has 1 N–H and O–H groups in total. The van der Waals surface area contributed by atoms with E-state index in [9.17, 15) is 8.42 Å². The summed E-state index contributed by atoms with van der Waals surface area (Å²) in [6.45, 7) is 5.71. The van der Waals surface area contributed by atoms with Gasteiger partial charge in [0.2, 0.25) is 0 Å². The number of sulfonamides is 1. The number of nitrogens with one attached hydrogen (secondary N) is 1. The van der Waals surface area contributed by atoms with Crippen molar-refractivity contribution in [2.45, 2.75) is 25.7 Å². The lowest BCUT2D eigenvalue weighted by Gasteiger charge is -2.10. The SMILES string of the molecule is Cc1ccc2nc(NS(=O)(=O)c3cc(Br)c(C)cc3C)sc2c1. The molecule has 7 heteroatoms. The standard InChI is InChI=1S/C16H15BrN2O2S2/c1-9-4-5-13-14(6-9)22-16(18-13)19-23(20,21)15-8-12(17)10(2)7-11(15)3/h4-8H,1-3H3,(H,18,19). The van der Waals surface area contributed by atoms with Crippen LogP contribution in [0.15, 0.2) is 39.7 Å². The van der Waals surface area contributed by atoms with E-state index in [0.717, 1.165) is 25.8 Å². The van der Waals surface area contributed by atoms with Gasteiger partial charge < -0.3 is 0 Å². The summed E-state index contributed by atoms with van der Waals surface area (Å²) in [7, 11) is -3.67. The zero-order valence-electron chi connectivity index (χ0n) is 12.8. The van der Waals surface area contributed by atoms with Gasteiger partial charge in [0.25, 0.3) is 10.0 Å². The van der Waals surface area contributed by atoms with E-state index < -0.39 is 10.0 Å². The van der Waals surface area contributed by atoms with Crippen molar-refractivity contribution in [2.75, 3.05) is 4.72 Å². The third-order valence-corrected chi connectivity index (χ3v) is 6.91. The normalized spacial score (nSPS) is 11.8. The highest BCUT2D eigenvalue weighted by molar-refractivity contribution is 9.10. The van der Waals surface area contributed by atoms with Crippen LogP contribution in [0.25, 0.3) is 10.2 Å². The number of benzene rings is 2. The Labute approximate surface area is 147 Å². The zero-order chi connectivity index (χ0) is 16.8. The molecule has 0 radical (unpaired) electrons. The Morgan fingerprint density at radius 2 is 1.83 bits per heavy atom. The smallest absolute Gasteiger partial charge is 0.255 e. The molecule has 1 aromatic heterocycles. The van der Waals surface area contributed by atoms with Gasteiger partial charge in [0.05, 0.1) is 15.1 Å². The highest BCUT2D eigenvalue weighted by atomic mass is 79.9. The second-order valence-corrected chi connectivity index (χ2v) is 9.00. The van der Waals surface area contributed by atoms with Crippen molar-refractivity contribution in [1.82, 2.24) is 4.98 Å². The fraction of sp³-hybridized carbons (Fsp3) is 0.188. The minimum atomic E-state index is -3.67. The van der Waals surface area contributed by atoms with Gasteiger partial charge in [-0.15, -0.1) is 0 Å². The first kappa shape index (κ1) is 16.4. The number of hydrogen-bond donors (Lipinski definition) is 1. The van der Waals surface area contributed by atoms with Crippen LogP contribution in [0.3, 0.4) is 0 Å². The number of aryl methyl sites for hydroxylation is 3. The van der Waals surface area contributed by atoms with Gasteiger partial charge in [-0.1, -0.05) is 39.4 Å². The van der Waals surface area contributed by atoms with E-state index in [0.29, 0.717) is 10.7 Å². The molecule has 1 heterocycles. The molecule has 0 atom stereocenters. The molecule has 0 fully saturated rings. The fourth-order valence-electron chi connectivity index (χ4n) is 2.34. The van der Waals surface area contributed by atoms with Crippen LogP contribution in [0, 0.1) is 20.8 Å². The molecular formula is C16H15BrN2O2S2. The monoisotopic (exact) mass is 410 g/mol. The molecule has 120 valence electrons. The Balaban J connectivity index is 2.01. The highest BCUT2D eigenvalue weighted by Gasteiger charge is 2.20. The number of rotatable bonds is 3. The molecule has 0 amide bonds. The number of fused-ring (bicyclic) bond motifs is 1. The Morgan fingerprint density at radius 1 is 1.09 bits per heavy atom. The molecule has 0 aliphatic rings. The molecular weight excluding hydrogens is 396 g/mol. The molecule has 3 rings (SSSR count). The van der Waals surface area contributed by atoms with E-state index in [4.69, 9.17) is 0 Å². The van der Waals surface area contributed by atoms with Crippen molar-refractivity contribution in [3.05, 3.63) is 51.5 Å². The number of nitrogens with zero attached hydrogens (tertiary/aromatic N) is 1. The summed E-state index contributed by atoms with van der Waals surface area (Å²) in [5.41, 5.74) is 3.61. The minimum Gasteiger partial charge on any atom is -0.255 e. The molecule has 0 unspecified atom stereocenters. The van der Waals surface area contributed by atoms with E-state index in [1.54, 1.807) is 13.0 Å². The molecule has 0 saturated heterocycles. The zero-order valence-corrected chi connectivity index (χ0v) is 16.1. The van der Waals surface area contributed by atoms with Crippen LogP contribution in [0.1, 0.15) is 16.7 Å². The summed E-state index contributed by atoms with van der Waals surface area (Å²) >= 11 is 4.72. The van der Waals surface area contributed by atoms with Crippen LogP contribution >= 0.6 is 27.3 Å². The molecule has 3 aromatic rings. The van der Waals surface area contributed by atoms with E-state index in [2.05, 4.69) is 25.6 Å². The molecule has 23 heavy (non-hydrogen) atoms. The quantitative estimate of drug-likeness (QED) is 0.675. The fourth-order valence-corrected chi connectivity index (χ4v) is 5.29.